The van der Waals surface area contributed by atoms with Crippen molar-refractivity contribution in [1.29, 1.82) is 0 Å². The van der Waals surface area contributed by atoms with Crippen molar-refractivity contribution in [2.75, 3.05) is 0 Å². The van der Waals surface area contributed by atoms with Gasteiger partial charge in [0.1, 0.15) is 0 Å². The van der Waals surface area contributed by atoms with Crippen LogP contribution < -0.4 is 0 Å². The van der Waals surface area contributed by atoms with Crippen molar-refractivity contribution in [2.45, 2.75) is 41.0 Å². The summed E-state index contributed by atoms with van der Waals surface area (Å²) in [6, 6.07) is 0. The van der Waals surface area contributed by atoms with Crippen LogP contribution >= 0.6 is 0 Å². The van der Waals surface area contributed by atoms with Gasteiger partial charge < -0.3 is 0 Å². The van der Waals surface area contributed by atoms with Crippen LogP contribution in [-0.2, 0) is 0 Å². The second kappa shape index (κ2) is 2.12. The van der Waals surface area contributed by atoms with Gasteiger partial charge in [-0.2, -0.15) is 0 Å². The lowest BCUT2D eigenvalue weighted by Gasteiger charge is -2.13. The molecular weight excluding hydrogens is 132 g/mol. The first-order chi connectivity index (χ1) is 4.89. The Labute approximate surface area is 70.7 Å². The third-order valence-corrected chi connectivity index (χ3v) is 4.12. The van der Waals surface area contributed by atoms with Gasteiger partial charge in [-0.15, -0.1) is 0 Å². The van der Waals surface area contributed by atoms with Crippen LogP contribution in [0.1, 0.15) is 41.0 Å². The topological polar surface area (TPSA) is 0 Å². The molecule has 0 heteroatoms. The molecule has 2 unspecified atom stereocenters. The Morgan fingerprint density at radius 3 is 1.91 bits per heavy atom. The van der Waals surface area contributed by atoms with Gasteiger partial charge in [0.25, 0.3) is 0 Å². The first kappa shape index (κ1) is 8.83. The lowest BCUT2D eigenvalue weighted by atomic mass is 9.91. The largest absolute Gasteiger partial charge is 0.0996 e. The highest BCUT2D eigenvalue weighted by Gasteiger charge is 2.66. The van der Waals surface area contributed by atoms with E-state index in [1.165, 1.54) is 12.0 Å². The minimum atomic E-state index is 0.418. The van der Waals surface area contributed by atoms with Gasteiger partial charge in [-0.25, -0.2) is 0 Å². The molecule has 1 rings (SSSR count). The zero-order valence-corrected chi connectivity index (χ0v) is 8.49. The van der Waals surface area contributed by atoms with E-state index in [-0.39, 0.29) is 0 Å². The van der Waals surface area contributed by atoms with Gasteiger partial charge in [-0.1, -0.05) is 46.3 Å². The van der Waals surface area contributed by atoms with Crippen molar-refractivity contribution >= 4 is 0 Å². The van der Waals surface area contributed by atoms with E-state index in [0.717, 1.165) is 5.92 Å². The lowest BCUT2D eigenvalue weighted by Crippen LogP contribution is -2.04. The summed E-state index contributed by atoms with van der Waals surface area (Å²) in [7, 11) is 0. The summed E-state index contributed by atoms with van der Waals surface area (Å²) in [5, 5.41) is 0. The highest BCUT2D eigenvalue weighted by Crippen LogP contribution is 2.72. The van der Waals surface area contributed by atoms with E-state index in [1.807, 2.05) is 0 Å². The number of hydrogen-bond donors (Lipinski definition) is 0. The first-order valence-electron chi connectivity index (χ1n) is 4.55. The molecule has 0 aromatic rings. The van der Waals surface area contributed by atoms with Crippen LogP contribution in [-0.4, -0.2) is 0 Å². The zero-order chi connectivity index (χ0) is 8.86. The Morgan fingerprint density at radius 1 is 1.36 bits per heavy atom. The molecule has 64 valence electrons. The molecule has 2 atom stereocenters. The molecule has 0 heterocycles. The molecule has 1 fully saturated rings. The van der Waals surface area contributed by atoms with E-state index in [1.54, 1.807) is 0 Å². The monoisotopic (exact) mass is 152 g/mol. The SMILES string of the molecule is C=C(C)C1(C)C(CC)C1(C)C. The molecule has 0 aromatic carbocycles. The number of rotatable bonds is 2. The molecular formula is C11H20. The van der Waals surface area contributed by atoms with Crippen molar-refractivity contribution in [3.05, 3.63) is 12.2 Å². The maximum Gasteiger partial charge on any atom is -0.00342 e. The summed E-state index contributed by atoms with van der Waals surface area (Å²) in [6.07, 6.45) is 1.29. The van der Waals surface area contributed by atoms with Crippen molar-refractivity contribution < 1.29 is 0 Å². The van der Waals surface area contributed by atoms with Gasteiger partial charge in [-0.3, -0.25) is 0 Å². The van der Waals surface area contributed by atoms with E-state index in [2.05, 4.69) is 41.2 Å². The van der Waals surface area contributed by atoms with Crippen molar-refractivity contribution in [3.63, 3.8) is 0 Å². The van der Waals surface area contributed by atoms with Crippen LogP contribution in [0.4, 0.5) is 0 Å². The third-order valence-electron chi connectivity index (χ3n) is 4.12. The molecule has 1 aliphatic rings. The first-order valence-corrected chi connectivity index (χ1v) is 4.55. The van der Waals surface area contributed by atoms with Gasteiger partial charge in [0.15, 0.2) is 0 Å². The second-order valence-electron chi connectivity index (χ2n) is 4.67. The smallest absolute Gasteiger partial charge is 0.00342 e. The highest BCUT2D eigenvalue weighted by molar-refractivity contribution is 5.28. The van der Waals surface area contributed by atoms with Gasteiger partial charge >= 0.3 is 0 Å². The summed E-state index contributed by atoms with van der Waals surface area (Å²) >= 11 is 0. The average Bonchev–Trinajstić information content (AvgIpc) is 2.29. The fourth-order valence-electron chi connectivity index (χ4n) is 2.87. The van der Waals surface area contributed by atoms with Crippen molar-refractivity contribution in [2.24, 2.45) is 16.7 Å². The Balaban J connectivity index is 2.86. The molecule has 0 nitrogen and oxygen atoms in total. The van der Waals surface area contributed by atoms with Gasteiger partial charge in [0.05, 0.1) is 0 Å². The Morgan fingerprint density at radius 2 is 1.82 bits per heavy atom. The average molecular weight is 152 g/mol. The molecule has 1 saturated carbocycles. The minimum Gasteiger partial charge on any atom is -0.0996 e. The van der Waals surface area contributed by atoms with E-state index in [4.69, 9.17) is 0 Å². The molecule has 0 N–H and O–H groups in total. The maximum atomic E-state index is 4.08. The Kier molecular flexibility index (Phi) is 1.70. The fraction of sp³-hybridized carbons (Fsp3) is 0.818. The lowest BCUT2D eigenvalue weighted by molar-refractivity contribution is 0.480. The predicted octanol–water partition coefficient (Wildman–Crippen LogP) is 3.63. The molecule has 0 aliphatic heterocycles. The van der Waals surface area contributed by atoms with Crippen LogP contribution in [0.25, 0.3) is 0 Å². The summed E-state index contributed by atoms with van der Waals surface area (Å²) in [6.45, 7) is 15.6. The summed E-state index contributed by atoms with van der Waals surface area (Å²) in [5.41, 5.74) is 2.27. The second-order valence-corrected chi connectivity index (χ2v) is 4.67. The van der Waals surface area contributed by atoms with Crippen LogP contribution in [0.5, 0.6) is 0 Å². The van der Waals surface area contributed by atoms with Crippen molar-refractivity contribution in [1.82, 2.24) is 0 Å². The Hall–Kier alpha value is -0.260. The van der Waals surface area contributed by atoms with Gasteiger partial charge in [0.2, 0.25) is 0 Å². The molecule has 0 radical (unpaired) electrons. The van der Waals surface area contributed by atoms with E-state index in [9.17, 15) is 0 Å². The summed E-state index contributed by atoms with van der Waals surface area (Å²) in [4.78, 5) is 0. The van der Waals surface area contributed by atoms with Crippen LogP contribution in [0.2, 0.25) is 0 Å². The molecule has 0 aromatic heterocycles. The minimum absolute atomic E-state index is 0.418. The van der Waals surface area contributed by atoms with E-state index in [0.29, 0.717) is 10.8 Å². The molecule has 1 aliphatic carbocycles. The number of allylic oxidation sites excluding steroid dienone is 1. The Bertz CT molecular complexity index is 188. The molecule has 0 spiro atoms. The van der Waals surface area contributed by atoms with Crippen molar-refractivity contribution in [3.8, 4) is 0 Å². The van der Waals surface area contributed by atoms with E-state index < -0.39 is 0 Å². The third kappa shape index (κ3) is 0.816. The summed E-state index contributed by atoms with van der Waals surface area (Å²) < 4.78 is 0. The molecule has 0 saturated heterocycles. The van der Waals surface area contributed by atoms with Gasteiger partial charge in [0, 0.05) is 0 Å². The maximum absolute atomic E-state index is 4.08. The summed E-state index contributed by atoms with van der Waals surface area (Å²) in [5.74, 6) is 0.854. The van der Waals surface area contributed by atoms with Crippen LogP contribution in [0.15, 0.2) is 12.2 Å². The normalized spacial score (nSPS) is 40.3. The quantitative estimate of drug-likeness (QED) is 0.530. The van der Waals surface area contributed by atoms with E-state index >= 15 is 0 Å². The molecule has 11 heavy (non-hydrogen) atoms. The molecule has 0 amide bonds. The number of hydrogen-bond acceptors (Lipinski definition) is 0. The highest BCUT2D eigenvalue weighted by atomic mass is 14.7. The fourth-order valence-corrected chi connectivity index (χ4v) is 2.87. The predicted molar refractivity (Wildman–Crippen MR) is 50.5 cm³/mol. The molecule has 0 bridgehead atoms. The van der Waals surface area contributed by atoms with Gasteiger partial charge in [-0.05, 0) is 23.7 Å². The zero-order valence-electron chi connectivity index (χ0n) is 8.49. The van der Waals surface area contributed by atoms with Crippen LogP contribution in [0.3, 0.4) is 0 Å². The standard InChI is InChI=1S/C11H20/c1-7-9-10(4,5)11(9,6)8(2)3/h9H,2,7H2,1,3-6H3. The van der Waals surface area contributed by atoms with Crippen LogP contribution in [0, 0.1) is 16.7 Å².